The fraction of sp³-hybridized carbons (Fsp3) is 0.211. The van der Waals surface area contributed by atoms with Gasteiger partial charge < -0.3 is 10.1 Å². The van der Waals surface area contributed by atoms with Crippen molar-refractivity contribution in [3.05, 3.63) is 57.1 Å². The summed E-state index contributed by atoms with van der Waals surface area (Å²) >= 11 is 2.41. The van der Waals surface area contributed by atoms with Gasteiger partial charge in [-0.2, -0.15) is 0 Å². The van der Waals surface area contributed by atoms with Crippen LogP contribution in [0.1, 0.15) is 10.4 Å². The Balaban J connectivity index is 1.46. The van der Waals surface area contributed by atoms with Crippen LogP contribution >= 0.6 is 23.1 Å². The Bertz CT molecular complexity index is 878. The van der Waals surface area contributed by atoms with Crippen LogP contribution in [0.3, 0.4) is 0 Å². The number of para-hydroxylation sites is 1. The summed E-state index contributed by atoms with van der Waals surface area (Å²) in [5.41, 5.74) is 0.945. The molecule has 1 N–H and O–H groups in total. The van der Waals surface area contributed by atoms with E-state index in [9.17, 15) is 14.4 Å². The standard InChI is InChI=1S/C19H18N2O4S2/c1-13-5-2-3-7-15(13)25-12-17(22)20-8-9-21-18(23)16(27-19(21)24)11-14-6-4-10-26-14/h2-7,10-11H,8-9,12H2,1H3,(H,20,22)/b16-11-. The van der Waals surface area contributed by atoms with E-state index in [0.717, 1.165) is 27.1 Å². The summed E-state index contributed by atoms with van der Waals surface area (Å²) < 4.78 is 5.47. The third-order valence-electron chi connectivity index (χ3n) is 3.80. The Morgan fingerprint density at radius 1 is 1.22 bits per heavy atom. The number of carbonyl (C=O) groups is 3. The summed E-state index contributed by atoms with van der Waals surface area (Å²) in [5.74, 6) is 0.0143. The third kappa shape index (κ3) is 4.99. The van der Waals surface area contributed by atoms with Gasteiger partial charge in [0.05, 0.1) is 4.91 Å². The zero-order chi connectivity index (χ0) is 19.2. The van der Waals surface area contributed by atoms with Gasteiger partial charge in [-0.25, -0.2) is 0 Å². The fourth-order valence-electron chi connectivity index (χ4n) is 2.42. The highest BCUT2D eigenvalue weighted by Gasteiger charge is 2.34. The van der Waals surface area contributed by atoms with Gasteiger partial charge in [-0.3, -0.25) is 19.3 Å². The maximum absolute atomic E-state index is 12.3. The van der Waals surface area contributed by atoms with Crippen LogP contribution in [0, 0.1) is 6.92 Å². The van der Waals surface area contributed by atoms with Crippen molar-refractivity contribution in [3.8, 4) is 5.75 Å². The topological polar surface area (TPSA) is 75.7 Å². The monoisotopic (exact) mass is 402 g/mol. The first-order chi connectivity index (χ1) is 13.0. The van der Waals surface area contributed by atoms with Crippen LogP contribution < -0.4 is 10.1 Å². The second-order valence-electron chi connectivity index (χ2n) is 5.75. The van der Waals surface area contributed by atoms with Gasteiger partial charge in [-0.05, 0) is 47.8 Å². The average molecular weight is 402 g/mol. The lowest BCUT2D eigenvalue weighted by Crippen LogP contribution is -2.38. The minimum atomic E-state index is -0.330. The van der Waals surface area contributed by atoms with Crippen molar-refractivity contribution >= 4 is 46.2 Å². The number of ether oxygens (including phenoxy) is 1. The van der Waals surface area contributed by atoms with Crippen LogP contribution in [0.5, 0.6) is 5.75 Å². The van der Waals surface area contributed by atoms with E-state index < -0.39 is 0 Å². The number of benzene rings is 1. The lowest BCUT2D eigenvalue weighted by molar-refractivity contribution is -0.125. The summed E-state index contributed by atoms with van der Waals surface area (Å²) in [6.45, 7) is 2.09. The molecule has 1 aliphatic heterocycles. The molecule has 1 aromatic heterocycles. The summed E-state index contributed by atoms with van der Waals surface area (Å²) in [5, 5.41) is 4.25. The second-order valence-corrected chi connectivity index (χ2v) is 7.73. The van der Waals surface area contributed by atoms with Crippen LogP contribution in [-0.4, -0.2) is 41.6 Å². The van der Waals surface area contributed by atoms with E-state index in [0.29, 0.717) is 10.7 Å². The van der Waals surface area contributed by atoms with Crippen molar-refractivity contribution in [2.45, 2.75) is 6.92 Å². The number of rotatable bonds is 7. The molecule has 8 heteroatoms. The first-order valence-corrected chi connectivity index (χ1v) is 9.98. The highest BCUT2D eigenvalue weighted by molar-refractivity contribution is 8.18. The molecule has 27 heavy (non-hydrogen) atoms. The van der Waals surface area contributed by atoms with Crippen LogP contribution in [0.15, 0.2) is 46.7 Å². The van der Waals surface area contributed by atoms with E-state index in [4.69, 9.17) is 4.74 Å². The van der Waals surface area contributed by atoms with Crippen molar-refractivity contribution in [1.29, 1.82) is 0 Å². The van der Waals surface area contributed by atoms with E-state index in [1.54, 1.807) is 12.1 Å². The summed E-state index contributed by atoms with van der Waals surface area (Å²) in [6.07, 6.45) is 1.71. The Morgan fingerprint density at radius 3 is 2.78 bits per heavy atom. The number of aryl methyl sites for hydroxylation is 1. The lowest BCUT2D eigenvalue weighted by atomic mass is 10.2. The molecule has 0 saturated carbocycles. The molecule has 3 amide bonds. The normalized spacial score (nSPS) is 15.4. The van der Waals surface area contributed by atoms with Crippen molar-refractivity contribution in [3.63, 3.8) is 0 Å². The van der Waals surface area contributed by atoms with Crippen LogP contribution in [0.2, 0.25) is 0 Å². The Kier molecular flexibility index (Phi) is 6.31. The molecule has 140 valence electrons. The number of amides is 3. The second kappa shape index (κ2) is 8.88. The number of thiophene rings is 1. The molecule has 0 radical (unpaired) electrons. The smallest absolute Gasteiger partial charge is 0.293 e. The minimum Gasteiger partial charge on any atom is -0.484 e. The highest BCUT2D eigenvalue weighted by atomic mass is 32.2. The van der Waals surface area contributed by atoms with Crippen LogP contribution in [0.25, 0.3) is 6.08 Å². The predicted octanol–water partition coefficient (Wildman–Crippen LogP) is 3.29. The van der Waals surface area contributed by atoms with E-state index in [2.05, 4.69) is 5.32 Å². The molecule has 2 aromatic rings. The number of nitrogens with zero attached hydrogens (tertiary/aromatic N) is 1. The molecular weight excluding hydrogens is 384 g/mol. The van der Waals surface area contributed by atoms with Gasteiger partial charge in [0.1, 0.15) is 5.75 Å². The molecule has 0 atom stereocenters. The lowest BCUT2D eigenvalue weighted by Gasteiger charge is -2.13. The largest absolute Gasteiger partial charge is 0.484 e. The first-order valence-electron chi connectivity index (χ1n) is 8.28. The molecule has 3 rings (SSSR count). The summed E-state index contributed by atoms with van der Waals surface area (Å²) in [6, 6.07) is 11.2. The molecule has 0 bridgehead atoms. The fourth-order valence-corrected chi connectivity index (χ4v) is 4.00. The van der Waals surface area contributed by atoms with Gasteiger partial charge in [0.25, 0.3) is 17.1 Å². The number of nitrogens with one attached hydrogen (secondary N) is 1. The SMILES string of the molecule is Cc1ccccc1OCC(=O)NCCN1C(=O)S/C(=C\c2cccs2)C1=O. The van der Waals surface area contributed by atoms with Crippen molar-refractivity contribution in [2.24, 2.45) is 0 Å². The number of imide groups is 1. The predicted molar refractivity (Wildman–Crippen MR) is 107 cm³/mol. The molecule has 2 heterocycles. The Hall–Kier alpha value is -2.58. The van der Waals surface area contributed by atoms with Crippen LogP contribution in [-0.2, 0) is 9.59 Å². The van der Waals surface area contributed by atoms with E-state index >= 15 is 0 Å². The number of hydrogen-bond acceptors (Lipinski definition) is 6. The molecule has 0 spiro atoms. The van der Waals surface area contributed by atoms with Crippen molar-refractivity contribution in [2.75, 3.05) is 19.7 Å². The maximum Gasteiger partial charge on any atom is 0.293 e. The molecule has 6 nitrogen and oxygen atoms in total. The van der Waals surface area contributed by atoms with Gasteiger partial charge in [0.2, 0.25) is 0 Å². The molecular formula is C19H18N2O4S2. The van der Waals surface area contributed by atoms with E-state index in [1.807, 2.05) is 42.6 Å². The van der Waals surface area contributed by atoms with Crippen molar-refractivity contribution in [1.82, 2.24) is 10.2 Å². The van der Waals surface area contributed by atoms with E-state index in [-0.39, 0.29) is 36.7 Å². The summed E-state index contributed by atoms with van der Waals surface area (Å²) in [4.78, 5) is 38.8. The quantitative estimate of drug-likeness (QED) is 0.720. The number of carbonyl (C=O) groups excluding carboxylic acids is 3. The first kappa shape index (κ1) is 19.2. The zero-order valence-electron chi connectivity index (χ0n) is 14.6. The number of hydrogen-bond donors (Lipinski definition) is 1. The van der Waals surface area contributed by atoms with Crippen molar-refractivity contribution < 1.29 is 19.1 Å². The minimum absolute atomic E-state index is 0.120. The van der Waals surface area contributed by atoms with Gasteiger partial charge >= 0.3 is 0 Å². The van der Waals surface area contributed by atoms with E-state index in [1.165, 1.54) is 11.3 Å². The highest BCUT2D eigenvalue weighted by Crippen LogP contribution is 2.32. The van der Waals surface area contributed by atoms with Gasteiger partial charge in [-0.15, -0.1) is 11.3 Å². The number of thioether (sulfide) groups is 1. The molecule has 1 saturated heterocycles. The molecule has 1 fully saturated rings. The molecule has 0 aliphatic carbocycles. The average Bonchev–Trinajstić information content (AvgIpc) is 3.25. The summed E-state index contributed by atoms with van der Waals surface area (Å²) in [7, 11) is 0. The third-order valence-corrected chi connectivity index (χ3v) is 5.53. The molecule has 1 aromatic carbocycles. The van der Waals surface area contributed by atoms with Crippen LogP contribution in [0.4, 0.5) is 4.79 Å². The molecule has 0 unspecified atom stereocenters. The molecule has 1 aliphatic rings. The maximum atomic E-state index is 12.3. The zero-order valence-corrected chi connectivity index (χ0v) is 16.3. The van der Waals surface area contributed by atoms with Gasteiger partial charge in [-0.1, -0.05) is 24.3 Å². The Morgan fingerprint density at radius 2 is 2.04 bits per heavy atom. The van der Waals surface area contributed by atoms with Gasteiger partial charge in [0, 0.05) is 18.0 Å². The van der Waals surface area contributed by atoms with Gasteiger partial charge in [0.15, 0.2) is 6.61 Å². The Labute approximate surface area is 165 Å².